The normalized spacial score (nSPS) is 16.7. The molecule has 0 bridgehead atoms. The average molecular weight is 473 g/mol. The number of nitrogens with zero attached hydrogens (tertiary/aromatic N) is 2. The summed E-state index contributed by atoms with van der Waals surface area (Å²) < 4.78 is 28.9. The summed E-state index contributed by atoms with van der Waals surface area (Å²) in [6, 6.07) is 14.9. The van der Waals surface area contributed by atoms with Gasteiger partial charge in [0.1, 0.15) is 0 Å². The summed E-state index contributed by atoms with van der Waals surface area (Å²) in [5.74, 6) is -1.64. The quantitative estimate of drug-likeness (QED) is 0.548. The number of sulfone groups is 1. The summed E-state index contributed by atoms with van der Waals surface area (Å²) in [6.45, 7) is 1.75. The first-order chi connectivity index (χ1) is 15.7. The van der Waals surface area contributed by atoms with Crippen LogP contribution in [0.3, 0.4) is 0 Å². The van der Waals surface area contributed by atoms with Gasteiger partial charge < -0.3 is 14.5 Å². The van der Waals surface area contributed by atoms with Crippen LogP contribution in [0.5, 0.6) is 0 Å². The van der Waals surface area contributed by atoms with Crippen LogP contribution in [0.25, 0.3) is 0 Å². The summed E-state index contributed by atoms with van der Waals surface area (Å²) in [5.41, 5.74) is 0.889. The first kappa shape index (κ1) is 24.4. The Morgan fingerprint density at radius 1 is 1.00 bits per heavy atom. The van der Waals surface area contributed by atoms with Crippen molar-refractivity contribution in [3.05, 3.63) is 65.7 Å². The largest absolute Gasteiger partial charge is 0.452 e. The lowest BCUT2D eigenvalue weighted by molar-refractivity contribution is -0.136. The van der Waals surface area contributed by atoms with E-state index in [0.29, 0.717) is 25.1 Å². The van der Waals surface area contributed by atoms with E-state index in [4.69, 9.17) is 4.74 Å². The average Bonchev–Trinajstić information content (AvgIpc) is 3.19. The zero-order chi connectivity index (χ0) is 24.0. The maximum atomic E-state index is 13.0. The molecule has 33 heavy (non-hydrogen) atoms. The molecular weight excluding hydrogens is 444 g/mol. The lowest BCUT2D eigenvalue weighted by Crippen LogP contribution is -2.43. The molecule has 3 rings (SSSR count). The third-order valence-electron chi connectivity index (χ3n) is 5.59. The number of carbonyl (C=O) groups excluding carboxylic acids is 3. The van der Waals surface area contributed by atoms with Gasteiger partial charge in [-0.15, -0.1) is 0 Å². The fourth-order valence-corrected chi connectivity index (χ4v) is 5.59. The van der Waals surface area contributed by atoms with Crippen molar-refractivity contribution < 1.29 is 27.5 Å². The highest BCUT2D eigenvalue weighted by molar-refractivity contribution is 7.91. The van der Waals surface area contributed by atoms with Crippen molar-refractivity contribution in [1.29, 1.82) is 0 Å². The van der Waals surface area contributed by atoms with Crippen molar-refractivity contribution >= 4 is 33.3 Å². The fourth-order valence-electron chi connectivity index (χ4n) is 3.86. The Balaban J connectivity index is 1.70. The lowest BCUT2D eigenvalue weighted by Gasteiger charge is -2.27. The Hall–Kier alpha value is -3.20. The topological polar surface area (TPSA) is 101 Å². The van der Waals surface area contributed by atoms with Crippen LogP contribution in [0.2, 0.25) is 0 Å². The molecule has 0 aromatic heterocycles. The smallest absolute Gasteiger partial charge is 0.339 e. The van der Waals surface area contributed by atoms with E-state index in [1.165, 1.54) is 21.9 Å². The Bertz CT molecular complexity index is 1120. The van der Waals surface area contributed by atoms with Crippen LogP contribution in [0.1, 0.15) is 40.5 Å². The van der Waals surface area contributed by atoms with Crippen LogP contribution in [-0.2, 0) is 19.4 Å². The van der Waals surface area contributed by atoms with Crippen LogP contribution >= 0.6 is 0 Å². The molecule has 1 saturated heterocycles. The summed E-state index contributed by atoms with van der Waals surface area (Å²) in [6.07, 6.45) is 1.03. The molecule has 0 aliphatic carbocycles. The highest BCUT2D eigenvalue weighted by atomic mass is 32.2. The van der Waals surface area contributed by atoms with Gasteiger partial charge in [-0.3, -0.25) is 9.59 Å². The molecular formula is C24H28N2O6S. The van der Waals surface area contributed by atoms with E-state index < -0.39 is 34.4 Å². The molecule has 0 N–H and O–H groups in total. The first-order valence-corrected chi connectivity index (χ1v) is 12.6. The lowest BCUT2D eigenvalue weighted by atomic mass is 10.1. The molecule has 0 saturated carbocycles. The number of para-hydroxylation sites is 1. The van der Waals surface area contributed by atoms with Crippen molar-refractivity contribution in [3.63, 3.8) is 0 Å². The van der Waals surface area contributed by atoms with Crippen LogP contribution in [-0.4, -0.2) is 68.8 Å². The standard InChI is InChI=1S/C24H28N2O6S/c1-3-14-26(19-13-15-33(30,31)17-19)22(27)16-32-24(29)21-12-8-7-11-20(21)23(28)25(2)18-9-5-4-6-10-18/h4-12,19H,3,13-17H2,1-2H3. The molecule has 1 heterocycles. The maximum absolute atomic E-state index is 13.0. The summed E-state index contributed by atoms with van der Waals surface area (Å²) >= 11 is 0. The molecule has 1 aliphatic heterocycles. The molecule has 176 valence electrons. The molecule has 1 unspecified atom stereocenters. The minimum atomic E-state index is -3.16. The number of benzene rings is 2. The Kier molecular flexibility index (Phi) is 7.86. The fraction of sp³-hybridized carbons (Fsp3) is 0.375. The summed E-state index contributed by atoms with van der Waals surface area (Å²) in [4.78, 5) is 41.5. The third kappa shape index (κ3) is 5.98. The van der Waals surface area contributed by atoms with Crippen molar-refractivity contribution in [1.82, 2.24) is 4.90 Å². The van der Waals surface area contributed by atoms with E-state index in [-0.39, 0.29) is 28.5 Å². The second kappa shape index (κ2) is 10.6. The molecule has 2 aromatic carbocycles. The van der Waals surface area contributed by atoms with Crippen molar-refractivity contribution in [2.45, 2.75) is 25.8 Å². The van der Waals surface area contributed by atoms with Gasteiger partial charge in [-0.1, -0.05) is 37.3 Å². The molecule has 2 aromatic rings. The highest BCUT2D eigenvalue weighted by Gasteiger charge is 2.34. The number of hydrogen-bond donors (Lipinski definition) is 0. The molecule has 0 spiro atoms. The van der Waals surface area contributed by atoms with Crippen LogP contribution < -0.4 is 4.90 Å². The number of amides is 2. The zero-order valence-electron chi connectivity index (χ0n) is 18.8. The Labute approximate surface area is 194 Å². The second-order valence-corrected chi connectivity index (χ2v) is 10.2. The zero-order valence-corrected chi connectivity index (χ0v) is 19.6. The monoisotopic (exact) mass is 472 g/mol. The van der Waals surface area contributed by atoms with Crippen LogP contribution in [0.15, 0.2) is 54.6 Å². The van der Waals surface area contributed by atoms with Gasteiger partial charge in [0, 0.05) is 25.3 Å². The Morgan fingerprint density at radius 2 is 1.64 bits per heavy atom. The van der Waals surface area contributed by atoms with Gasteiger partial charge in [0.05, 0.1) is 22.6 Å². The van der Waals surface area contributed by atoms with Gasteiger partial charge in [-0.2, -0.15) is 0 Å². The first-order valence-electron chi connectivity index (χ1n) is 10.8. The molecule has 1 fully saturated rings. The van der Waals surface area contributed by atoms with Crippen molar-refractivity contribution in [2.75, 3.05) is 36.6 Å². The number of esters is 1. The van der Waals surface area contributed by atoms with Crippen molar-refractivity contribution in [2.24, 2.45) is 0 Å². The van der Waals surface area contributed by atoms with Gasteiger partial charge in [-0.05, 0) is 37.1 Å². The third-order valence-corrected chi connectivity index (χ3v) is 7.34. The minimum absolute atomic E-state index is 0.0510. The highest BCUT2D eigenvalue weighted by Crippen LogP contribution is 2.20. The summed E-state index contributed by atoms with van der Waals surface area (Å²) in [5, 5.41) is 0. The SMILES string of the molecule is CCCN(C(=O)COC(=O)c1ccccc1C(=O)N(C)c1ccccc1)C1CCS(=O)(=O)C1. The molecule has 1 atom stereocenters. The number of rotatable bonds is 8. The van der Waals surface area contributed by atoms with Crippen LogP contribution in [0, 0.1) is 0 Å². The van der Waals surface area contributed by atoms with Gasteiger partial charge in [0.2, 0.25) is 0 Å². The van der Waals surface area contributed by atoms with Crippen molar-refractivity contribution in [3.8, 4) is 0 Å². The summed E-state index contributed by atoms with van der Waals surface area (Å²) in [7, 11) is -1.54. The predicted molar refractivity (Wildman–Crippen MR) is 125 cm³/mol. The molecule has 2 amide bonds. The van der Waals surface area contributed by atoms with Gasteiger partial charge in [-0.25, -0.2) is 13.2 Å². The Morgan fingerprint density at radius 3 is 2.24 bits per heavy atom. The van der Waals surface area contributed by atoms with Gasteiger partial charge in [0.25, 0.3) is 11.8 Å². The number of carbonyl (C=O) groups is 3. The maximum Gasteiger partial charge on any atom is 0.339 e. The predicted octanol–water partition coefficient (Wildman–Crippen LogP) is 2.55. The van der Waals surface area contributed by atoms with Gasteiger partial charge >= 0.3 is 5.97 Å². The molecule has 9 heteroatoms. The van der Waals surface area contributed by atoms with E-state index in [1.54, 1.807) is 31.3 Å². The van der Waals surface area contributed by atoms with E-state index in [9.17, 15) is 22.8 Å². The van der Waals surface area contributed by atoms with E-state index in [2.05, 4.69) is 0 Å². The van der Waals surface area contributed by atoms with Gasteiger partial charge in [0.15, 0.2) is 16.4 Å². The molecule has 0 radical (unpaired) electrons. The van der Waals surface area contributed by atoms with E-state index in [0.717, 1.165) is 0 Å². The number of ether oxygens (including phenoxy) is 1. The number of hydrogen-bond acceptors (Lipinski definition) is 6. The molecule has 8 nitrogen and oxygen atoms in total. The van der Waals surface area contributed by atoms with E-state index in [1.807, 2.05) is 25.1 Å². The minimum Gasteiger partial charge on any atom is -0.452 e. The van der Waals surface area contributed by atoms with Crippen LogP contribution in [0.4, 0.5) is 5.69 Å². The van der Waals surface area contributed by atoms with E-state index >= 15 is 0 Å². The molecule has 1 aliphatic rings. The second-order valence-electron chi connectivity index (χ2n) is 7.97. The number of anilines is 1.